The van der Waals surface area contributed by atoms with Crippen LogP contribution in [0.15, 0.2) is 24.3 Å². The van der Waals surface area contributed by atoms with Crippen molar-refractivity contribution < 1.29 is 9.53 Å². The maximum Gasteiger partial charge on any atom is 0.251 e. The van der Waals surface area contributed by atoms with Gasteiger partial charge in [-0.15, -0.1) is 0 Å². The first-order chi connectivity index (χ1) is 9.79. The lowest BCUT2D eigenvalue weighted by Crippen LogP contribution is -2.30. The molecule has 1 fully saturated rings. The summed E-state index contributed by atoms with van der Waals surface area (Å²) in [6, 6.07) is 7.93. The maximum atomic E-state index is 12.1. The Kier molecular flexibility index (Phi) is 5.87. The molecule has 2 rings (SSSR count). The van der Waals surface area contributed by atoms with Crippen molar-refractivity contribution in [3.05, 3.63) is 29.8 Å². The van der Waals surface area contributed by atoms with E-state index in [4.69, 9.17) is 4.74 Å². The van der Waals surface area contributed by atoms with Crippen LogP contribution in [0, 0.1) is 0 Å². The van der Waals surface area contributed by atoms with Crippen molar-refractivity contribution in [3.63, 3.8) is 0 Å². The van der Waals surface area contributed by atoms with Gasteiger partial charge in [-0.05, 0) is 50.4 Å². The third kappa shape index (κ3) is 4.53. The number of ether oxygens (including phenoxy) is 1. The molecule has 1 amide bonds. The second-order valence-electron chi connectivity index (χ2n) is 5.21. The molecule has 1 aliphatic heterocycles. The molecule has 0 aromatic heterocycles. The Morgan fingerprint density at radius 3 is 3.15 bits per heavy atom. The second kappa shape index (κ2) is 7.90. The Morgan fingerprint density at radius 1 is 1.50 bits per heavy atom. The van der Waals surface area contributed by atoms with Gasteiger partial charge in [0.2, 0.25) is 0 Å². The number of nitrogens with one attached hydrogen (secondary N) is 2. The Balaban J connectivity index is 1.78. The first-order valence-corrected chi connectivity index (χ1v) is 7.54. The molecule has 4 heteroatoms. The zero-order valence-electron chi connectivity index (χ0n) is 12.2. The largest absolute Gasteiger partial charge is 0.494 e. The fraction of sp³-hybridized carbons (Fsp3) is 0.562. The quantitative estimate of drug-likeness (QED) is 0.803. The molecular formula is C16H24N2O2. The molecule has 1 aromatic carbocycles. The summed E-state index contributed by atoms with van der Waals surface area (Å²) in [5.74, 6) is 0.738. The molecule has 0 saturated carbocycles. The minimum Gasteiger partial charge on any atom is -0.494 e. The van der Waals surface area contributed by atoms with Crippen molar-refractivity contribution in [3.8, 4) is 5.75 Å². The molecule has 0 bridgehead atoms. The van der Waals surface area contributed by atoms with Crippen molar-refractivity contribution in [1.29, 1.82) is 0 Å². The third-order valence-electron chi connectivity index (χ3n) is 3.51. The fourth-order valence-electron chi connectivity index (χ4n) is 2.41. The van der Waals surface area contributed by atoms with Gasteiger partial charge in [0.1, 0.15) is 5.75 Å². The SMILES string of the molecule is CCCOc1cccc(C(=O)NCC[C@@H]2CCCN2)c1. The number of hydrogen-bond acceptors (Lipinski definition) is 3. The smallest absolute Gasteiger partial charge is 0.251 e. The van der Waals surface area contributed by atoms with Crippen LogP contribution in [0.2, 0.25) is 0 Å². The summed E-state index contributed by atoms with van der Waals surface area (Å²) in [6.07, 6.45) is 4.42. The molecule has 1 atom stereocenters. The lowest BCUT2D eigenvalue weighted by Gasteiger charge is -2.11. The predicted octanol–water partition coefficient (Wildman–Crippen LogP) is 2.35. The summed E-state index contributed by atoms with van der Waals surface area (Å²) >= 11 is 0. The molecule has 0 spiro atoms. The summed E-state index contributed by atoms with van der Waals surface area (Å²) in [5.41, 5.74) is 0.665. The van der Waals surface area contributed by atoms with Crippen LogP contribution in [0.4, 0.5) is 0 Å². The van der Waals surface area contributed by atoms with E-state index in [-0.39, 0.29) is 5.91 Å². The molecule has 1 heterocycles. The van der Waals surface area contributed by atoms with Gasteiger partial charge in [0, 0.05) is 18.2 Å². The molecule has 20 heavy (non-hydrogen) atoms. The number of benzene rings is 1. The van der Waals surface area contributed by atoms with E-state index < -0.39 is 0 Å². The van der Waals surface area contributed by atoms with Crippen LogP contribution in [-0.4, -0.2) is 31.6 Å². The van der Waals surface area contributed by atoms with E-state index in [0.29, 0.717) is 18.2 Å². The Labute approximate surface area is 120 Å². The van der Waals surface area contributed by atoms with Crippen molar-refractivity contribution >= 4 is 5.91 Å². The average Bonchev–Trinajstić information content (AvgIpc) is 2.98. The lowest BCUT2D eigenvalue weighted by molar-refractivity contribution is 0.0952. The number of carbonyl (C=O) groups is 1. The summed E-state index contributed by atoms with van der Waals surface area (Å²) in [7, 11) is 0. The minimum atomic E-state index is -0.0232. The molecule has 2 N–H and O–H groups in total. The number of hydrogen-bond donors (Lipinski definition) is 2. The van der Waals surface area contributed by atoms with Gasteiger partial charge in [-0.1, -0.05) is 13.0 Å². The van der Waals surface area contributed by atoms with E-state index >= 15 is 0 Å². The zero-order chi connectivity index (χ0) is 14.2. The first kappa shape index (κ1) is 14.9. The van der Waals surface area contributed by atoms with Crippen molar-refractivity contribution in [2.75, 3.05) is 19.7 Å². The van der Waals surface area contributed by atoms with Crippen LogP contribution in [0.1, 0.15) is 43.0 Å². The Hall–Kier alpha value is -1.55. The Morgan fingerprint density at radius 2 is 2.40 bits per heavy atom. The van der Waals surface area contributed by atoms with Crippen LogP contribution < -0.4 is 15.4 Å². The minimum absolute atomic E-state index is 0.0232. The molecule has 0 unspecified atom stereocenters. The topological polar surface area (TPSA) is 50.4 Å². The highest BCUT2D eigenvalue weighted by molar-refractivity contribution is 5.94. The molecule has 0 radical (unpaired) electrons. The summed E-state index contributed by atoms with van der Waals surface area (Å²) < 4.78 is 5.54. The van der Waals surface area contributed by atoms with Gasteiger partial charge in [-0.3, -0.25) is 4.79 Å². The molecule has 1 saturated heterocycles. The Bertz CT molecular complexity index is 428. The van der Waals surface area contributed by atoms with Crippen LogP contribution in [0.25, 0.3) is 0 Å². The van der Waals surface area contributed by atoms with Crippen molar-refractivity contribution in [1.82, 2.24) is 10.6 Å². The highest BCUT2D eigenvalue weighted by Crippen LogP contribution is 2.14. The lowest BCUT2D eigenvalue weighted by atomic mass is 10.1. The van der Waals surface area contributed by atoms with Gasteiger partial charge in [-0.25, -0.2) is 0 Å². The highest BCUT2D eigenvalue weighted by atomic mass is 16.5. The molecule has 1 aliphatic rings. The first-order valence-electron chi connectivity index (χ1n) is 7.54. The summed E-state index contributed by atoms with van der Waals surface area (Å²) in [4.78, 5) is 12.1. The van der Waals surface area contributed by atoms with Crippen LogP contribution >= 0.6 is 0 Å². The van der Waals surface area contributed by atoms with Crippen molar-refractivity contribution in [2.24, 2.45) is 0 Å². The monoisotopic (exact) mass is 276 g/mol. The van der Waals surface area contributed by atoms with Crippen LogP contribution in [0.5, 0.6) is 5.75 Å². The van der Waals surface area contributed by atoms with Gasteiger partial charge < -0.3 is 15.4 Å². The van der Waals surface area contributed by atoms with Crippen LogP contribution in [-0.2, 0) is 0 Å². The fourth-order valence-corrected chi connectivity index (χ4v) is 2.41. The van der Waals surface area contributed by atoms with Gasteiger partial charge in [0.25, 0.3) is 5.91 Å². The van der Waals surface area contributed by atoms with E-state index in [0.717, 1.165) is 31.7 Å². The normalized spacial score (nSPS) is 17.9. The van der Waals surface area contributed by atoms with Crippen molar-refractivity contribution in [2.45, 2.75) is 38.6 Å². The predicted molar refractivity (Wildman–Crippen MR) is 80.2 cm³/mol. The molecule has 4 nitrogen and oxygen atoms in total. The van der Waals surface area contributed by atoms with Crippen LogP contribution in [0.3, 0.4) is 0 Å². The average molecular weight is 276 g/mol. The number of carbonyl (C=O) groups excluding carboxylic acids is 1. The molecule has 0 aliphatic carbocycles. The standard InChI is InChI=1S/C16H24N2O2/c1-2-11-20-15-7-3-5-13(12-15)16(19)18-10-8-14-6-4-9-17-14/h3,5,7,12,14,17H,2,4,6,8-11H2,1H3,(H,18,19)/t14-/m0/s1. The van der Waals surface area contributed by atoms with E-state index in [1.54, 1.807) is 6.07 Å². The summed E-state index contributed by atoms with van der Waals surface area (Å²) in [5, 5.41) is 6.41. The van der Waals surface area contributed by atoms with Gasteiger partial charge in [0.05, 0.1) is 6.61 Å². The van der Waals surface area contributed by atoms with Gasteiger partial charge >= 0.3 is 0 Å². The van der Waals surface area contributed by atoms with E-state index in [1.165, 1.54) is 12.8 Å². The van der Waals surface area contributed by atoms with E-state index in [2.05, 4.69) is 17.6 Å². The number of rotatable bonds is 7. The second-order valence-corrected chi connectivity index (χ2v) is 5.21. The highest BCUT2D eigenvalue weighted by Gasteiger charge is 2.14. The van der Waals surface area contributed by atoms with E-state index in [9.17, 15) is 4.79 Å². The van der Waals surface area contributed by atoms with Gasteiger partial charge in [0.15, 0.2) is 0 Å². The zero-order valence-corrected chi connectivity index (χ0v) is 12.2. The molecular weight excluding hydrogens is 252 g/mol. The maximum absolute atomic E-state index is 12.1. The van der Waals surface area contributed by atoms with Gasteiger partial charge in [-0.2, -0.15) is 0 Å². The molecule has 1 aromatic rings. The summed E-state index contributed by atoms with van der Waals surface area (Å²) in [6.45, 7) is 4.57. The van der Waals surface area contributed by atoms with E-state index in [1.807, 2.05) is 18.2 Å². The number of amides is 1. The molecule has 110 valence electrons. The third-order valence-corrected chi connectivity index (χ3v) is 3.51.